The number of rotatable bonds is 9. The van der Waals surface area contributed by atoms with Gasteiger partial charge in [-0.3, -0.25) is 0 Å². The Labute approximate surface area is 100 Å². The smallest absolute Gasteiger partial charge is 0.0886 e. The van der Waals surface area contributed by atoms with Crippen LogP contribution >= 0.6 is 27.5 Å². The molecule has 0 bridgehead atoms. The topological polar surface area (TPSA) is 18.5 Å². The predicted molar refractivity (Wildman–Crippen MR) is 64.6 cm³/mol. The van der Waals surface area contributed by atoms with E-state index in [1.54, 1.807) is 0 Å². The van der Waals surface area contributed by atoms with Gasteiger partial charge in [0.05, 0.1) is 24.7 Å². The van der Waals surface area contributed by atoms with Gasteiger partial charge in [0.2, 0.25) is 0 Å². The summed E-state index contributed by atoms with van der Waals surface area (Å²) in [6, 6.07) is 0. The Balaban J connectivity index is 3.34. The maximum atomic E-state index is 5.78. The van der Waals surface area contributed by atoms with E-state index in [0.29, 0.717) is 19.1 Å². The van der Waals surface area contributed by atoms with Gasteiger partial charge in [0.15, 0.2) is 0 Å². The summed E-state index contributed by atoms with van der Waals surface area (Å²) in [5, 5.41) is 0.748. The molecular weight excluding hydrogens is 267 g/mol. The molecule has 4 heteroatoms. The zero-order chi connectivity index (χ0) is 10.9. The van der Waals surface area contributed by atoms with Crippen LogP contribution in [0.15, 0.2) is 0 Å². The molecule has 2 nitrogen and oxygen atoms in total. The molecule has 1 unspecified atom stereocenters. The fourth-order valence-electron chi connectivity index (χ4n) is 0.808. The lowest BCUT2D eigenvalue weighted by molar-refractivity contribution is -0.0296. The van der Waals surface area contributed by atoms with Crippen LogP contribution in [0.5, 0.6) is 0 Å². The first kappa shape index (κ1) is 14.7. The van der Waals surface area contributed by atoms with Gasteiger partial charge in [0.1, 0.15) is 0 Å². The first-order chi connectivity index (χ1) is 6.68. The number of hydrogen-bond donors (Lipinski definition) is 0. The van der Waals surface area contributed by atoms with E-state index in [1.807, 2.05) is 6.92 Å². The maximum absolute atomic E-state index is 5.78. The minimum Gasteiger partial charge on any atom is -0.379 e. The van der Waals surface area contributed by atoms with E-state index in [1.165, 1.54) is 6.42 Å². The molecule has 86 valence electrons. The maximum Gasteiger partial charge on any atom is 0.0886 e. The van der Waals surface area contributed by atoms with Crippen molar-refractivity contribution < 1.29 is 9.47 Å². The van der Waals surface area contributed by atoms with Crippen LogP contribution < -0.4 is 0 Å². The molecule has 0 aliphatic heterocycles. The van der Waals surface area contributed by atoms with Gasteiger partial charge < -0.3 is 9.47 Å². The first-order valence-corrected chi connectivity index (χ1v) is 6.67. The molecule has 0 saturated heterocycles. The molecule has 0 fully saturated rings. The Morgan fingerprint density at radius 1 is 1.29 bits per heavy atom. The molecular formula is C10H20BrClO2. The fraction of sp³-hybridized carbons (Fsp3) is 1.00. The Morgan fingerprint density at radius 2 is 2.00 bits per heavy atom. The second kappa shape index (κ2) is 8.96. The molecule has 0 N–H and O–H groups in total. The van der Waals surface area contributed by atoms with Gasteiger partial charge >= 0.3 is 0 Å². The van der Waals surface area contributed by atoms with Gasteiger partial charge in [-0.25, -0.2) is 0 Å². The van der Waals surface area contributed by atoms with E-state index >= 15 is 0 Å². The number of alkyl halides is 2. The van der Waals surface area contributed by atoms with Crippen molar-refractivity contribution >= 4 is 27.5 Å². The molecule has 0 aromatic heterocycles. The summed E-state index contributed by atoms with van der Waals surface area (Å²) in [5.41, 5.74) is -0.268. The van der Waals surface area contributed by atoms with E-state index < -0.39 is 0 Å². The number of hydrogen-bond acceptors (Lipinski definition) is 2. The summed E-state index contributed by atoms with van der Waals surface area (Å²) < 4.78 is 11.0. The van der Waals surface area contributed by atoms with Gasteiger partial charge in [-0.1, -0.05) is 29.3 Å². The molecule has 1 atom stereocenters. The van der Waals surface area contributed by atoms with E-state index in [9.17, 15) is 0 Å². The monoisotopic (exact) mass is 286 g/mol. The molecule has 0 amide bonds. The molecule has 0 saturated carbocycles. The van der Waals surface area contributed by atoms with Crippen LogP contribution in [0.4, 0.5) is 0 Å². The van der Waals surface area contributed by atoms with Gasteiger partial charge in [-0.2, -0.15) is 0 Å². The minimum absolute atomic E-state index is 0.268. The zero-order valence-electron chi connectivity index (χ0n) is 9.02. The highest BCUT2D eigenvalue weighted by molar-refractivity contribution is 9.09. The number of ether oxygens (including phenoxy) is 2. The van der Waals surface area contributed by atoms with Crippen molar-refractivity contribution in [1.82, 2.24) is 0 Å². The average molecular weight is 288 g/mol. The van der Waals surface area contributed by atoms with Crippen LogP contribution in [0.2, 0.25) is 0 Å². The second-order valence-corrected chi connectivity index (χ2v) is 4.36. The van der Waals surface area contributed by atoms with Crippen molar-refractivity contribution in [2.24, 2.45) is 0 Å². The van der Waals surface area contributed by atoms with Crippen LogP contribution in [-0.2, 0) is 9.47 Å². The molecule has 14 heavy (non-hydrogen) atoms. The normalized spacial score (nSPS) is 15.4. The van der Waals surface area contributed by atoms with Crippen LogP contribution in [0, 0.1) is 0 Å². The van der Waals surface area contributed by atoms with Crippen LogP contribution in [0.3, 0.4) is 0 Å². The van der Waals surface area contributed by atoms with Gasteiger partial charge in [0.25, 0.3) is 0 Å². The lowest BCUT2D eigenvalue weighted by Crippen LogP contribution is -2.34. The average Bonchev–Trinajstić information content (AvgIpc) is 2.23. The van der Waals surface area contributed by atoms with Crippen molar-refractivity contribution in [2.75, 3.05) is 31.0 Å². The van der Waals surface area contributed by atoms with Crippen molar-refractivity contribution in [3.05, 3.63) is 0 Å². The predicted octanol–water partition coefficient (Wildman–Crippen LogP) is 3.21. The molecule has 0 aromatic carbocycles. The SMILES string of the molecule is CCCCOCCOC(C)(CCl)CBr. The Bertz CT molecular complexity index is 129. The standard InChI is InChI=1S/C10H20BrClO2/c1-3-4-5-13-6-7-14-10(2,8-11)9-12/h3-9H2,1-2H3. The zero-order valence-corrected chi connectivity index (χ0v) is 11.4. The van der Waals surface area contributed by atoms with Crippen LogP contribution in [0.25, 0.3) is 0 Å². The van der Waals surface area contributed by atoms with E-state index in [4.69, 9.17) is 21.1 Å². The van der Waals surface area contributed by atoms with Crippen molar-refractivity contribution in [3.8, 4) is 0 Å². The third-order valence-corrected chi connectivity index (χ3v) is 3.64. The third-order valence-electron chi connectivity index (χ3n) is 1.89. The van der Waals surface area contributed by atoms with E-state index in [2.05, 4.69) is 22.9 Å². The quantitative estimate of drug-likeness (QED) is 0.479. The second-order valence-electron chi connectivity index (χ2n) is 3.53. The van der Waals surface area contributed by atoms with Gasteiger partial charge in [0, 0.05) is 11.9 Å². The molecule has 0 spiro atoms. The highest BCUT2D eigenvalue weighted by atomic mass is 79.9. The lowest BCUT2D eigenvalue weighted by Gasteiger charge is -2.24. The van der Waals surface area contributed by atoms with Gasteiger partial charge in [-0.15, -0.1) is 11.6 Å². The van der Waals surface area contributed by atoms with Crippen molar-refractivity contribution in [3.63, 3.8) is 0 Å². The summed E-state index contributed by atoms with van der Waals surface area (Å²) in [6.45, 7) is 6.22. The highest BCUT2D eigenvalue weighted by Crippen LogP contribution is 2.15. The molecule has 0 aliphatic carbocycles. The Kier molecular flexibility index (Phi) is 9.40. The summed E-state index contributed by atoms with van der Waals surface area (Å²) >= 11 is 9.15. The third kappa shape index (κ3) is 7.04. The molecule has 0 aliphatic rings. The first-order valence-electron chi connectivity index (χ1n) is 5.02. The number of halogens is 2. The molecule has 0 aromatic rings. The Morgan fingerprint density at radius 3 is 2.50 bits per heavy atom. The van der Waals surface area contributed by atoms with E-state index in [-0.39, 0.29) is 5.60 Å². The Hall–Kier alpha value is 0.690. The molecule has 0 radical (unpaired) electrons. The van der Waals surface area contributed by atoms with Crippen molar-refractivity contribution in [1.29, 1.82) is 0 Å². The summed E-state index contributed by atoms with van der Waals surface area (Å²) in [6.07, 6.45) is 2.28. The van der Waals surface area contributed by atoms with Crippen LogP contribution in [-0.4, -0.2) is 36.6 Å². The van der Waals surface area contributed by atoms with E-state index in [0.717, 1.165) is 18.4 Å². The van der Waals surface area contributed by atoms with Gasteiger partial charge in [-0.05, 0) is 13.3 Å². The fourth-order valence-corrected chi connectivity index (χ4v) is 1.57. The van der Waals surface area contributed by atoms with Crippen LogP contribution in [0.1, 0.15) is 26.7 Å². The highest BCUT2D eigenvalue weighted by Gasteiger charge is 2.21. The van der Waals surface area contributed by atoms with Crippen molar-refractivity contribution in [2.45, 2.75) is 32.3 Å². The summed E-state index contributed by atoms with van der Waals surface area (Å²) in [7, 11) is 0. The summed E-state index contributed by atoms with van der Waals surface area (Å²) in [4.78, 5) is 0. The lowest BCUT2D eigenvalue weighted by atomic mass is 10.2. The largest absolute Gasteiger partial charge is 0.379 e. The molecule has 0 heterocycles. The number of unbranched alkanes of at least 4 members (excludes halogenated alkanes) is 1. The summed E-state index contributed by atoms with van der Waals surface area (Å²) in [5.74, 6) is 0.493. The minimum atomic E-state index is -0.268. The molecule has 0 rings (SSSR count).